The first-order valence-corrected chi connectivity index (χ1v) is 5.64. The fraction of sp³-hybridized carbons (Fsp3) is 0.182. The van der Waals surface area contributed by atoms with Crippen molar-refractivity contribution in [2.24, 2.45) is 0 Å². The number of benzene rings is 1. The van der Waals surface area contributed by atoms with Gasteiger partial charge in [0.15, 0.2) is 0 Å². The number of carbonyl (C=O) groups is 1. The monoisotopic (exact) mass is 257 g/mol. The Hall–Kier alpha value is -1.56. The van der Waals surface area contributed by atoms with Crippen LogP contribution < -0.4 is 0 Å². The van der Waals surface area contributed by atoms with Crippen molar-refractivity contribution in [3.8, 4) is 0 Å². The first-order valence-electron chi connectivity index (χ1n) is 4.76. The highest BCUT2D eigenvalue weighted by atomic mass is 32.2. The van der Waals surface area contributed by atoms with Crippen molar-refractivity contribution in [2.75, 3.05) is 7.11 Å². The second kappa shape index (κ2) is 4.75. The van der Waals surface area contributed by atoms with E-state index in [1.165, 1.54) is 13.3 Å². The predicted octanol–water partition coefficient (Wildman–Crippen LogP) is 3.27. The van der Waals surface area contributed by atoms with Crippen molar-refractivity contribution in [2.45, 2.75) is 10.7 Å². The molecular weight excluding hydrogens is 248 g/mol. The topological polar surface area (TPSA) is 42.1 Å². The molecule has 1 N–H and O–H groups in total. The van der Waals surface area contributed by atoms with Crippen LogP contribution in [0.15, 0.2) is 29.3 Å². The van der Waals surface area contributed by atoms with E-state index in [4.69, 9.17) is 0 Å². The summed E-state index contributed by atoms with van der Waals surface area (Å²) in [5.41, 5.74) is 1.05. The van der Waals surface area contributed by atoms with Gasteiger partial charge in [0.1, 0.15) is 0 Å². The molecule has 0 unspecified atom stereocenters. The molecule has 0 saturated carbocycles. The number of thioether (sulfide) groups is 1. The number of hydrogen-bond donors (Lipinski definition) is 1. The molecule has 0 aliphatic carbocycles. The molecule has 6 heteroatoms. The van der Waals surface area contributed by atoms with E-state index in [0.717, 1.165) is 0 Å². The Morgan fingerprint density at radius 1 is 1.47 bits per heavy atom. The molecule has 0 aliphatic rings. The van der Waals surface area contributed by atoms with Crippen LogP contribution in [0.2, 0.25) is 0 Å². The molecule has 0 aliphatic heterocycles. The zero-order valence-corrected chi connectivity index (χ0v) is 9.68. The van der Waals surface area contributed by atoms with Crippen molar-refractivity contribution in [1.82, 2.24) is 4.98 Å². The molecule has 0 saturated heterocycles. The summed E-state index contributed by atoms with van der Waals surface area (Å²) < 4.78 is 29.2. The van der Waals surface area contributed by atoms with Gasteiger partial charge >= 0.3 is 5.97 Å². The lowest BCUT2D eigenvalue weighted by Crippen LogP contribution is -2.00. The van der Waals surface area contributed by atoms with E-state index in [2.05, 4.69) is 9.72 Å². The number of nitrogens with one attached hydrogen (secondary N) is 1. The van der Waals surface area contributed by atoms with E-state index in [1.807, 2.05) is 0 Å². The van der Waals surface area contributed by atoms with Gasteiger partial charge < -0.3 is 9.72 Å². The number of aromatic amines is 1. The van der Waals surface area contributed by atoms with Crippen molar-refractivity contribution < 1.29 is 18.3 Å². The highest BCUT2D eigenvalue weighted by molar-refractivity contribution is 7.99. The summed E-state index contributed by atoms with van der Waals surface area (Å²) in [4.78, 5) is 14.6. The molecule has 0 fully saturated rings. The fourth-order valence-electron chi connectivity index (χ4n) is 1.53. The van der Waals surface area contributed by atoms with Gasteiger partial charge in [0, 0.05) is 22.0 Å². The summed E-state index contributed by atoms with van der Waals surface area (Å²) in [6, 6.07) is 4.79. The maximum Gasteiger partial charge on any atom is 0.337 e. The van der Waals surface area contributed by atoms with Gasteiger partial charge in [0.25, 0.3) is 5.76 Å². The molecule has 17 heavy (non-hydrogen) atoms. The molecule has 1 heterocycles. The molecule has 2 aromatic rings. The minimum absolute atomic E-state index is 0.343. The van der Waals surface area contributed by atoms with Crippen LogP contribution in [-0.4, -0.2) is 23.8 Å². The number of carbonyl (C=O) groups excluding carboxylic acids is 1. The molecule has 90 valence electrons. The smallest absolute Gasteiger partial charge is 0.337 e. The third-order valence-corrected chi connectivity index (χ3v) is 3.05. The van der Waals surface area contributed by atoms with Gasteiger partial charge in [-0.1, -0.05) is 11.8 Å². The molecule has 0 spiro atoms. The van der Waals surface area contributed by atoms with Crippen LogP contribution >= 0.6 is 11.8 Å². The number of alkyl halides is 2. The van der Waals surface area contributed by atoms with Gasteiger partial charge in [-0.3, -0.25) is 0 Å². The number of H-pyrrole nitrogens is 1. The fourth-order valence-corrected chi connectivity index (χ4v) is 2.15. The van der Waals surface area contributed by atoms with Gasteiger partial charge in [0.2, 0.25) is 0 Å². The Balaban J connectivity index is 2.46. The lowest BCUT2D eigenvalue weighted by molar-refractivity contribution is 0.0601. The van der Waals surface area contributed by atoms with E-state index < -0.39 is 11.7 Å². The van der Waals surface area contributed by atoms with Gasteiger partial charge in [-0.05, 0) is 18.2 Å². The van der Waals surface area contributed by atoms with Crippen LogP contribution in [0.1, 0.15) is 10.4 Å². The standard InChI is InChI=1S/C11H9F2NO2S/c1-16-10(15)6-2-3-8-7(4-6)9(5-14-8)17-11(12)13/h2-5,11,14H,1H3. The second-order valence-electron chi connectivity index (χ2n) is 3.28. The van der Waals surface area contributed by atoms with E-state index in [0.29, 0.717) is 33.1 Å². The maximum atomic E-state index is 12.3. The molecule has 0 atom stereocenters. The van der Waals surface area contributed by atoms with Crippen LogP contribution in [0.3, 0.4) is 0 Å². The average molecular weight is 257 g/mol. The van der Waals surface area contributed by atoms with Crippen LogP contribution in [0.4, 0.5) is 8.78 Å². The van der Waals surface area contributed by atoms with Crippen LogP contribution in [-0.2, 0) is 4.74 Å². The van der Waals surface area contributed by atoms with Crippen LogP contribution in [0.5, 0.6) is 0 Å². The predicted molar refractivity (Wildman–Crippen MR) is 61.5 cm³/mol. The molecule has 0 amide bonds. The number of ether oxygens (including phenoxy) is 1. The summed E-state index contributed by atoms with van der Waals surface area (Å²) in [6.07, 6.45) is 1.50. The number of fused-ring (bicyclic) bond motifs is 1. The summed E-state index contributed by atoms with van der Waals surface area (Å²) in [5, 5.41) is 0.596. The molecule has 3 nitrogen and oxygen atoms in total. The minimum atomic E-state index is -2.49. The Bertz CT molecular complexity index is 553. The molecule has 0 bridgehead atoms. The van der Waals surface area contributed by atoms with Gasteiger partial charge in [-0.25, -0.2) is 4.79 Å². The van der Waals surface area contributed by atoms with Crippen molar-refractivity contribution in [3.05, 3.63) is 30.0 Å². The summed E-state index contributed by atoms with van der Waals surface area (Å²) in [5.74, 6) is -2.98. The number of esters is 1. The van der Waals surface area contributed by atoms with E-state index in [-0.39, 0.29) is 0 Å². The second-order valence-corrected chi connectivity index (χ2v) is 4.32. The Kier molecular flexibility index (Phi) is 3.33. The Labute approximate surface area is 100 Å². The quantitative estimate of drug-likeness (QED) is 0.677. The Morgan fingerprint density at radius 3 is 2.88 bits per heavy atom. The summed E-state index contributed by atoms with van der Waals surface area (Å²) >= 11 is 0.446. The van der Waals surface area contributed by atoms with Crippen molar-refractivity contribution in [3.63, 3.8) is 0 Å². The maximum absolute atomic E-state index is 12.3. The number of hydrogen-bond acceptors (Lipinski definition) is 3. The third kappa shape index (κ3) is 2.41. The van der Waals surface area contributed by atoms with Gasteiger partial charge in [-0.2, -0.15) is 8.78 Å². The molecule has 1 aromatic heterocycles. The molecule has 0 radical (unpaired) electrons. The largest absolute Gasteiger partial charge is 0.465 e. The zero-order valence-electron chi connectivity index (χ0n) is 8.87. The van der Waals surface area contributed by atoms with Crippen molar-refractivity contribution in [1.29, 1.82) is 0 Å². The highest BCUT2D eigenvalue weighted by Crippen LogP contribution is 2.32. The minimum Gasteiger partial charge on any atom is -0.465 e. The number of rotatable bonds is 3. The first kappa shape index (κ1) is 11.9. The average Bonchev–Trinajstić information content (AvgIpc) is 2.70. The lowest BCUT2D eigenvalue weighted by Gasteiger charge is -2.01. The van der Waals surface area contributed by atoms with Crippen LogP contribution in [0, 0.1) is 0 Å². The van der Waals surface area contributed by atoms with Gasteiger partial charge in [0.05, 0.1) is 12.7 Å². The zero-order chi connectivity index (χ0) is 12.4. The normalized spacial score (nSPS) is 11.1. The molecule has 2 rings (SSSR count). The van der Waals surface area contributed by atoms with E-state index in [1.54, 1.807) is 18.2 Å². The van der Waals surface area contributed by atoms with E-state index in [9.17, 15) is 13.6 Å². The lowest BCUT2D eigenvalue weighted by atomic mass is 10.1. The third-order valence-electron chi connectivity index (χ3n) is 2.28. The first-order chi connectivity index (χ1) is 8.11. The summed E-state index contributed by atoms with van der Waals surface area (Å²) in [7, 11) is 1.28. The van der Waals surface area contributed by atoms with Crippen LogP contribution in [0.25, 0.3) is 10.9 Å². The summed E-state index contributed by atoms with van der Waals surface area (Å²) in [6.45, 7) is 0. The number of aromatic nitrogens is 1. The number of halogens is 2. The van der Waals surface area contributed by atoms with E-state index >= 15 is 0 Å². The Morgan fingerprint density at radius 2 is 2.24 bits per heavy atom. The van der Waals surface area contributed by atoms with Crippen molar-refractivity contribution >= 4 is 28.6 Å². The number of methoxy groups -OCH3 is 1. The van der Waals surface area contributed by atoms with Gasteiger partial charge in [-0.15, -0.1) is 0 Å². The SMILES string of the molecule is COC(=O)c1ccc2[nH]cc(SC(F)F)c2c1. The molecular formula is C11H9F2NO2S. The highest BCUT2D eigenvalue weighted by Gasteiger charge is 2.13. The molecule has 1 aromatic carbocycles.